The molecule has 1 saturated heterocycles. The molecule has 0 aromatic heterocycles. The van der Waals surface area contributed by atoms with Gasteiger partial charge in [-0.25, -0.2) is 0 Å². The van der Waals surface area contributed by atoms with Gasteiger partial charge >= 0.3 is 0 Å². The van der Waals surface area contributed by atoms with Crippen molar-refractivity contribution in [3.63, 3.8) is 0 Å². The Labute approximate surface area is 182 Å². The molecule has 0 aliphatic carbocycles. The fourth-order valence-electron chi connectivity index (χ4n) is 3.62. The molecule has 0 atom stereocenters. The second-order valence-corrected chi connectivity index (χ2v) is 8.87. The van der Waals surface area contributed by atoms with Crippen molar-refractivity contribution in [1.82, 2.24) is 10.2 Å². The fraction of sp³-hybridized carbons (Fsp3) is 0.458. The van der Waals surface area contributed by atoms with Gasteiger partial charge in [0, 0.05) is 13.1 Å². The van der Waals surface area contributed by atoms with Crippen LogP contribution in [0.25, 0.3) is 0 Å². The first-order valence-corrected chi connectivity index (χ1v) is 11.3. The topological polar surface area (TPSA) is 41.6 Å². The smallest absolute Gasteiger partial charge is 0.258 e. The van der Waals surface area contributed by atoms with Gasteiger partial charge in [0.2, 0.25) is 0 Å². The third-order valence-electron chi connectivity index (χ3n) is 5.42. The first kappa shape index (κ1) is 21.8. The Morgan fingerprint density at radius 2 is 1.83 bits per heavy atom. The van der Waals surface area contributed by atoms with Crippen LogP contribution in [0.4, 0.5) is 0 Å². The Hall–Kier alpha value is -1.85. The number of ether oxygens (including phenoxy) is 1. The Morgan fingerprint density at radius 3 is 2.52 bits per heavy atom. The van der Waals surface area contributed by atoms with Gasteiger partial charge in [-0.2, -0.15) is 0 Å². The highest BCUT2D eigenvalue weighted by molar-refractivity contribution is 9.10. The van der Waals surface area contributed by atoms with Gasteiger partial charge in [0.05, 0.1) is 4.47 Å². The molecule has 1 N–H and O–H groups in total. The summed E-state index contributed by atoms with van der Waals surface area (Å²) in [6, 6.07) is 14.4. The standard InChI is InChI=1S/C24H31BrN2O2/c1-18(2)19-10-11-23(22(25)14-19)29-17-24(28)26-15-20-8-4-5-9-21(20)16-27-12-6-3-7-13-27/h4-5,8-11,14,18H,3,6-7,12-13,15-17H2,1-2H3,(H,26,28). The summed E-state index contributed by atoms with van der Waals surface area (Å²) in [7, 11) is 0. The molecule has 29 heavy (non-hydrogen) atoms. The van der Waals surface area contributed by atoms with E-state index in [0.717, 1.165) is 11.0 Å². The van der Waals surface area contributed by atoms with Gasteiger partial charge in [-0.15, -0.1) is 0 Å². The molecule has 0 bridgehead atoms. The van der Waals surface area contributed by atoms with Gasteiger partial charge < -0.3 is 10.1 Å². The number of halogens is 1. The zero-order valence-corrected chi connectivity index (χ0v) is 19.0. The number of carbonyl (C=O) groups excluding carboxylic acids is 1. The predicted octanol–water partition coefficient (Wildman–Crippen LogP) is 5.25. The number of likely N-dealkylation sites (tertiary alicyclic amines) is 1. The monoisotopic (exact) mass is 458 g/mol. The molecule has 2 aromatic rings. The van der Waals surface area contributed by atoms with Crippen molar-refractivity contribution in [2.24, 2.45) is 0 Å². The van der Waals surface area contributed by atoms with Gasteiger partial charge in [-0.1, -0.05) is 50.6 Å². The van der Waals surface area contributed by atoms with E-state index in [-0.39, 0.29) is 12.5 Å². The van der Waals surface area contributed by atoms with Gasteiger partial charge in [0.1, 0.15) is 5.75 Å². The van der Waals surface area contributed by atoms with Crippen molar-refractivity contribution in [3.8, 4) is 5.75 Å². The van der Waals surface area contributed by atoms with Gasteiger partial charge in [-0.05, 0) is 76.6 Å². The van der Waals surface area contributed by atoms with Crippen LogP contribution < -0.4 is 10.1 Å². The van der Waals surface area contributed by atoms with E-state index < -0.39 is 0 Å². The van der Waals surface area contributed by atoms with E-state index in [1.807, 2.05) is 18.2 Å². The zero-order chi connectivity index (χ0) is 20.6. The van der Waals surface area contributed by atoms with Crippen LogP contribution >= 0.6 is 15.9 Å². The molecule has 0 radical (unpaired) electrons. The fourth-order valence-corrected chi connectivity index (χ4v) is 4.13. The largest absolute Gasteiger partial charge is 0.483 e. The molecule has 1 heterocycles. The minimum absolute atomic E-state index is 0.00785. The molecule has 1 aliphatic heterocycles. The molecule has 1 fully saturated rings. The lowest BCUT2D eigenvalue weighted by Gasteiger charge is -2.27. The SMILES string of the molecule is CC(C)c1ccc(OCC(=O)NCc2ccccc2CN2CCCCC2)c(Br)c1. The number of piperidine rings is 1. The molecule has 3 rings (SSSR count). The highest BCUT2D eigenvalue weighted by Gasteiger charge is 2.13. The summed E-state index contributed by atoms with van der Waals surface area (Å²) in [6.07, 6.45) is 3.90. The number of hydrogen-bond donors (Lipinski definition) is 1. The average molecular weight is 459 g/mol. The number of nitrogens with zero attached hydrogens (tertiary/aromatic N) is 1. The van der Waals surface area contributed by atoms with Gasteiger partial charge in [0.25, 0.3) is 5.91 Å². The van der Waals surface area contributed by atoms with Gasteiger partial charge in [0.15, 0.2) is 6.61 Å². The Kier molecular flexibility index (Phi) is 8.13. The third-order valence-corrected chi connectivity index (χ3v) is 6.04. The summed E-state index contributed by atoms with van der Waals surface area (Å²) < 4.78 is 6.58. The summed E-state index contributed by atoms with van der Waals surface area (Å²) in [4.78, 5) is 14.8. The van der Waals surface area contributed by atoms with Crippen LogP contribution in [0.15, 0.2) is 46.9 Å². The maximum Gasteiger partial charge on any atom is 0.258 e. The van der Waals surface area contributed by atoms with Crippen LogP contribution in [0, 0.1) is 0 Å². The average Bonchev–Trinajstić information content (AvgIpc) is 2.73. The maximum atomic E-state index is 12.3. The number of benzene rings is 2. The van der Waals surface area contributed by atoms with E-state index in [1.54, 1.807) is 0 Å². The quantitative estimate of drug-likeness (QED) is 0.586. The molecular weight excluding hydrogens is 428 g/mol. The minimum atomic E-state index is -0.113. The number of hydrogen-bond acceptors (Lipinski definition) is 3. The van der Waals surface area contributed by atoms with E-state index in [1.165, 1.54) is 49.0 Å². The van der Waals surface area contributed by atoms with E-state index in [4.69, 9.17) is 4.74 Å². The second kappa shape index (κ2) is 10.8. The molecule has 4 nitrogen and oxygen atoms in total. The summed E-state index contributed by atoms with van der Waals surface area (Å²) in [5, 5.41) is 3.00. The second-order valence-electron chi connectivity index (χ2n) is 8.02. The lowest BCUT2D eigenvalue weighted by Crippen LogP contribution is -2.31. The van der Waals surface area contributed by atoms with E-state index >= 15 is 0 Å². The number of rotatable bonds is 8. The van der Waals surface area contributed by atoms with Gasteiger partial charge in [-0.3, -0.25) is 9.69 Å². The summed E-state index contributed by atoms with van der Waals surface area (Å²) in [5.41, 5.74) is 3.70. The van der Waals surface area contributed by atoms with Crippen LogP contribution in [-0.2, 0) is 17.9 Å². The minimum Gasteiger partial charge on any atom is -0.483 e. The molecule has 0 saturated carbocycles. The van der Waals surface area contributed by atoms with Crippen molar-refractivity contribution >= 4 is 21.8 Å². The van der Waals surface area contributed by atoms with Crippen LogP contribution in [-0.4, -0.2) is 30.5 Å². The Balaban J connectivity index is 1.51. The molecule has 5 heteroatoms. The lowest BCUT2D eigenvalue weighted by molar-refractivity contribution is -0.123. The third kappa shape index (κ3) is 6.58. The molecular formula is C24H31BrN2O2. The molecule has 1 amide bonds. The number of nitrogens with one attached hydrogen (secondary N) is 1. The number of carbonyl (C=O) groups is 1. The van der Waals surface area contributed by atoms with Crippen LogP contribution in [0.5, 0.6) is 5.75 Å². The van der Waals surface area contributed by atoms with Crippen molar-refractivity contribution in [2.75, 3.05) is 19.7 Å². The predicted molar refractivity (Wildman–Crippen MR) is 121 cm³/mol. The Bertz CT molecular complexity index is 816. The summed E-state index contributed by atoms with van der Waals surface area (Å²) >= 11 is 3.54. The van der Waals surface area contributed by atoms with E-state index in [9.17, 15) is 4.79 Å². The highest BCUT2D eigenvalue weighted by atomic mass is 79.9. The van der Waals surface area contributed by atoms with Crippen LogP contribution in [0.2, 0.25) is 0 Å². The van der Waals surface area contributed by atoms with Crippen LogP contribution in [0.1, 0.15) is 55.7 Å². The first-order chi connectivity index (χ1) is 14.0. The molecule has 156 valence electrons. The van der Waals surface area contributed by atoms with Crippen LogP contribution in [0.3, 0.4) is 0 Å². The van der Waals surface area contributed by atoms with Crippen molar-refractivity contribution in [2.45, 2.75) is 52.1 Å². The van der Waals surface area contributed by atoms with Crippen molar-refractivity contribution in [1.29, 1.82) is 0 Å². The normalized spacial score (nSPS) is 14.8. The molecule has 0 unspecified atom stereocenters. The van der Waals surface area contributed by atoms with Crippen molar-refractivity contribution in [3.05, 3.63) is 63.6 Å². The van der Waals surface area contributed by atoms with E-state index in [2.05, 4.69) is 64.3 Å². The van der Waals surface area contributed by atoms with Crippen molar-refractivity contribution < 1.29 is 9.53 Å². The Morgan fingerprint density at radius 1 is 1.10 bits per heavy atom. The highest BCUT2D eigenvalue weighted by Crippen LogP contribution is 2.28. The first-order valence-electron chi connectivity index (χ1n) is 10.5. The summed E-state index contributed by atoms with van der Waals surface area (Å²) in [6.45, 7) is 8.13. The number of amides is 1. The van der Waals surface area contributed by atoms with E-state index in [0.29, 0.717) is 18.2 Å². The lowest BCUT2D eigenvalue weighted by atomic mass is 10.0. The molecule has 0 spiro atoms. The molecule has 1 aliphatic rings. The maximum absolute atomic E-state index is 12.3. The summed E-state index contributed by atoms with van der Waals surface area (Å²) in [5.74, 6) is 1.03. The molecule has 2 aromatic carbocycles. The zero-order valence-electron chi connectivity index (χ0n) is 17.4.